The molecule has 30 heavy (non-hydrogen) atoms. The lowest BCUT2D eigenvalue weighted by molar-refractivity contribution is -0.262. The monoisotopic (exact) mass is 419 g/mol. The van der Waals surface area contributed by atoms with Gasteiger partial charge in [-0.1, -0.05) is 56.3 Å². The first-order valence-electron chi connectivity index (χ1n) is 9.79. The number of benzene rings is 2. The van der Waals surface area contributed by atoms with E-state index in [1.165, 1.54) is 0 Å². The number of aliphatic hydroxyl groups is 1. The summed E-state index contributed by atoms with van der Waals surface area (Å²) < 4.78 is 53.5. The summed E-state index contributed by atoms with van der Waals surface area (Å²) in [6, 6.07) is 12.4. The average molecular weight is 419 g/mol. The highest BCUT2D eigenvalue weighted by atomic mass is 19.4. The predicted octanol–water partition coefficient (Wildman–Crippen LogP) is 4.91. The molecule has 0 bridgehead atoms. The Morgan fingerprint density at radius 3 is 2.57 bits per heavy atom. The summed E-state index contributed by atoms with van der Waals surface area (Å²) in [4.78, 5) is 1.58. The number of β-amino-alcohol motifs (C(OH)–C–C–N with tert-alkyl or cyclic N) is 1. The number of nitrogens with zero attached hydrogens (tertiary/aromatic N) is 1. The van der Waals surface area contributed by atoms with Crippen molar-refractivity contribution < 1.29 is 27.8 Å². The number of rotatable bonds is 5. The van der Waals surface area contributed by atoms with Crippen LogP contribution in [0.3, 0.4) is 0 Å². The number of fused-ring (bicyclic) bond motifs is 2. The molecule has 0 amide bonds. The first kappa shape index (κ1) is 20.6. The molecule has 1 unspecified atom stereocenters. The van der Waals surface area contributed by atoms with Gasteiger partial charge in [0.05, 0.1) is 6.54 Å². The molecule has 7 heteroatoms. The Balaban J connectivity index is 1.67. The summed E-state index contributed by atoms with van der Waals surface area (Å²) in [5.74, 6) is 0.949. The van der Waals surface area contributed by atoms with E-state index in [0.29, 0.717) is 29.3 Å². The smallest absolute Gasteiger partial charge is 0.418 e. The van der Waals surface area contributed by atoms with E-state index in [2.05, 4.69) is 0 Å². The molecular weight excluding hydrogens is 395 g/mol. The highest BCUT2D eigenvalue weighted by Crippen LogP contribution is 2.47. The van der Waals surface area contributed by atoms with Crippen LogP contribution >= 0.6 is 0 Å². The van der Waals surface area contributed by atoms with Gasteiger partial charge in [0, 0.05) is 17.8 Å². The third-order valence-electron chi connectivity index (χ3n) is 5.74. The van der Waals surface area contributed by atoms with Crippen molar-refractivity contribution in [2.75, 3.05) is 24.8 Å². The Morgan fingerprint density at radius 2 is 1.80 bits per heavy atom. The molecule has 1 atom stereocenters. The molecule has 0 saturated carbocycles. The third kappa shape index (κ3) is 3.62. The van der Waals surface area contributed by atoms with Crippen molar-refractivity contribution in [3.8, 4) is 11.5 Å². The molecular formula is C23H24F3NO3. The van der Waals surface area contributed by atoms with Gasteiger partial charge in [-0.2, -0.15) is 13.2 Å². The number of anilines is 1. The highest BCUT2D eigenvalue weighted by molar-refractivity contribution is 5.71. The SMILES string of the molecule is CC(C)(CC(O)(CN1CC=Cc2ccccc21)C(F)(F)F)c1cccc2c1OCO2. The van der Waals surface area contributed by atoms with Crippen LogP contribution in [0.4, 0.5) is 18.9 Å². The minimum atomic E-state index is -4.81. The second-order valence-corrected chi connectivity index (χ2v) is 8.47. The molecule has 0 radical (unpaired) electrons. The Hall–Kier alpha value is -2.67. The zero-order valence-electron chi connectivity index (χ0n) is 16.9. The van der Waals surface area contributed by atoms with Gasteiger partial charge in [-0.3, -0.25) is 0 Å². The quantitative estimate of drug-likeness (QED) is 0.748. The average Bonchev–Trinajstić information content (AvgIpc) is 3.15. The Bertz CT molecular complexity index is 970. The molecule has 2 aromatic carbocycles. The molecule has 0 fully saturated rings. The predicted molar refractivity (Wildman–Crippen MR) is 109 cm³/mol. The molecule has 0 saturated heterocycles. The summed E-state index contributed by atoms with van der Waals surface area (Å²) in [5.41, 5.74) is -1.85. The van der Waals surface area contributed by atoms with E-state index in [0.717, 1.165) is 5.56 Å². The van der Waals surface area contributed by atoms with Gasteiger partial charge < -0.3 is 19.5 Å². The lowest BCUT2D eigenvalue weighted by Gasteiger charge is -2.42. The number of para-hydroxylation sites is 2. The van der Waals surface area contributed by atoms with Gasteiger partial charge in [-0.05, 0) is 29.5 Å². The van der Waals surface area contributed by atoms with Crippen molar-refractivity contribution in [2.24, 2.45) is 0 Å². The Labute approximate surface area is 173 Å². The largest absolute Gasteiger partial charge is 0.454 e. The molecule has 0 spiro atoms. The first-order valence-corrected chi connectivity index (χ1v) is 9.79. The van der Waals surface area contributed by atoms with E-state index in [4.69, 9.17) is 9.47 Å². The number of hydrogen-bond acceptors (Lipinski definition) is 4. The van der Waals surface area contributed by atoms with Gasteiger partial charge in [0.15, 0.2) is 17.1 Å². The standard InChI is InChI=1S/C23H24F3NO3/c1-21(2,17-9-5-11-19-20(17)30-15-29-19)13-22(28,23(24,25)26)14-27-12-6-8-16-7-3-4-10-18(16)27/h3-11,28H,12-15H2,1-2H3. The fraction of sp³-hybridized carbons (Fsp3) is 0.391. The van der Waals surface area contributed by atoms with E-state index in [1.54, 1.807) is 55.2 Å². The van der Waals surface area contributed by atoms with Gasteiger partial charge >= 0.3 is 6.18 Å². The maximum Gasteiger partial charge on any atom is 0.418 e. The summed E-state index contributed by atoms with van der Waals surface area (Å²) >= 11 is 0. The van der Waals surface area contributed by atoms with Crippen LogP contribution in [-0.4, -0.2) is 36.8 Å². The van der Waals surface area contributed by atoms with Gasteiger partial charge in [-0.25, -0.2) is 0 Å². The third-order valence-corrected chi connectivity index (χ3v) is 5.74. The van der Waals surface area contributed by atoms with E-state index >= 15 is 0 Å². The lowest BCUT2D eigenvalue weighted by Crippen LogP contribution is -2.56. The highest BCUT2D eigenvalue weighted by Gasteiger charge is 2.57. The topological polar surface area (TPSA) is 41.9 Å². The van der Waals surface area contributed by atoms with Crippen LogP contribution < -0.4 is 14.4 Å². The number of halogens is 3. The van der Waals surface area contributed by atoms with Crippen LogP contribution in [0.15, 0.2) is 48.5 Å². The summed E-state index contributed by atoms with van der Waals surface area (Å²) in [5, 5.41) is 11.0. The van der Waals surface area contributed by atoms with Crippen LogP contribution in [0, 0.1) is 0 Å². The molecule has 2 heterocycles. The molecule has 0 aromatic heterocycles. The summed E-state index contributed by atoms with van der Waals surface area (Å²) in [7, 11) is 0. The second-order valence-electron chi connectivity index (χ2n) is 8.47. The molecule has 0 aliphatic carbocycles. The van der Waals surface area contributed by atoms with Crippen LogP contribution in [0.1, 0.15) is 31.4 Å². The van der Waals surface area contributed by atoms with E-state index in [1.807, 2.05) is 18.2 Å². The zero-order chi connectivity index (χ0) is 21.6. The molecule has 4 rings (SSSR count). The first-order chi connectivity index (χ1) is 14.1. The van der Waals surface area contributed by atoms with Crippen LogP contribution in [0.5, 0.6) is 11.5 Å². The molecule has 160 valence electrons. The molecule has 2 aliphatic rings. The van der Waals surface area contributed by atoms with Gasteiger partial charge in [0.25, 0.3) is 0 Å². The van der Waals surface area contributed by atoms with Crippen molar-refractivity contribution in [1.82, 2.24) is 0 Å². The maximum absolute atomic E-state index is 14.2. The normalized spacial score (nSPS) is 17.6. The van der Waals surface area contributed by atoms with Crippen LogP contribution in [-0.2, 0) is 5.41 Å². The Kier molecular flexibility index (Phi) is 4.97. The molecule has 1 N–H and O–H groups in total. The number of alkyl halides is 3. The fourth-order valence-corrected chi connectivity index (χ4v) is 4.32. The van der Waals surface area contributed by atoms with E-state index in [9.17, 15) is 18.3 Å². The molecule has 2 aromatic rings. The summed E-state index contributed by atoms with van der Waals surface area (Å²) in [6.45, 7) is 3.14. The zero-order valence-corrected chi connectivity index (χ0v) is 16.9. The number of ether oxygens (including phenoxy) is 2. The van der Waals surface area contributed by atoms with Crippen molar-refractivity contribution in [1.29, 1.82) is 0 Å². The van der Waals surface area contributed by atoms with Gasteiger partial charge in [0.1, 0.15) is 0 Å². The van der Waals surface area contributed by atoms with Crippen molar-refractivity contribution in [3.05, 3.63) is 59.7 Å². The van der Waals surface area contributed by atoms with Crippen LogP contribution in [0.2, 0.25) is 0 Å². The van der Waals surface area contributed by atoms with Crippen molar-refractivity contribution in [2.45, 2.75) is 37.5 Å². The maximum atomic E-state index is 14.2. The molecule has 2 aliphatic heterocycles. The van der Waals surface area contributed by atoms with Gasteiger partial charge in [-0.15, -0.1) is 0 Å². The molecule has 4 nitrogen and oxygen atoms in total. The van der Waals surface area contributed by atoms with E-state index < -0.39 is 30.2 Å². The van der Waals surface area contributed by atoms with Crippen molar-refractivity contribution >= 4 is 11.8 Å². The minimum Gasteiger partial charge on any atom is -0.454 e. The fourth-order valence-electron chi connectivity index (χ4n) is 4.32. The summed E-state index contributed by atoms with van der Waals surface area (Å²) in [6.07, 6.45) is -1.64. The minimum absolute atomic E-state index is 0.0306. The Morgan fingerprint density at radius 1 is 1.03 bits per heavy atom. The van der Waals surface area contributed by atoms with E-state index in [-0.39, 0.29) is 6.79 Å². The van der Waals surface area contributed by atoms with Crippen molar-refractivity contribution in [3.63, 3.8) is 0 Å². The lowest BCUT2D eigenvalue weighted by atomic mass is 9.74. The second kappa shape index (κ2) is 7.23. The van der Waals surface area contributed by atoms with Gasteiger partial charge in [0.2, 0.25) is 6.79 Å². The van der Waals surface area contributed by atoms with Crippen LogP contribution in [0.25, 0.3) is 6.08 Å². The number of hydrogen-bond donors (Lipinski definition) is 1.